The van der Waals surface area contributed by atoms with Crippen molar-refractivity contribution in [2.24, 2.45) is 0 Å². The molecule has 0 aromatic heterocycles. The zero-order valence-corrected chi connectivity index (χ0v) is 9.31. The van der Waals surface area contributed by atoms with Crippen LogP contribution in [0.5, 0.6) is 0 Å². The Kier molecular flexibility index (Phi) is 5.17. The van der Waals surface area contributed by atoms with Crippen molar-refractivity contribution in [2.45, 2.75) is 31.1 Å². The van der Waals surface area contributed by atoms with Crippen LogP contribution < -0.4 is 0 Å². The number of rotatable bonds is 5. The summed E-state index contributed by atoms with van der Waals surface area (Å²) in [7, 11) is 0. The molecule has 1 rings (SSSR count). The number of nitriles is 1. The van der Waals surface area contributed by atoms with E-state index in [9.17, 15) is 0 Å². The summed E-state index contributed by atoms with van der Waals surface area (Å²) in [6.45, 7) is 2.20. The van der Waals surface area contributed by atoms with Gasteiger partial charge in [-0.15, -0.1) is 11.8 Å². The zero-order chi connectivity index (χ0) is 10.2. The van der Waals surface area contributed by atoms with Crippen LogP contribution in [0.3, 0.4) is 0 Å². The topological polar surface area (TPSA) is 23.8 Å². The molecule has 0 unspecified atom stereocenters. The first-order chi connectivity index (χ1) is 6.88. The van der Waals surface area contributed by atoms with Gasteiger partial charge in [-0.25, -0.2) is 0 Å². The van der Waals surface area contributed by atoms with Crippen LogP contribution in [-0.4, -0.2) is 5.75 Å². The van der Waals surface area contributed by atoms with Gasteiger partial charge >= 0.3 is 0 Å². The largest absolute Gasteiger partial charge is 0.198 e. The van der Waals surface area contributed by atoms with Crippen molar-refractivity contribution in [1.29, 1.82) is 5.26 Å². The third kappa shape index (κ3) is 3.43. The molecule has 0 aliphatic rings. The Hall–Kier alpha value is -0.940. The fourth-order valence-electron chi connectivity index (χ4n) is 1.20. The van der Waals surface area contributed by atoms with Crippen LogP contribution in [0.25, 0.3) is 0 Å². The van der Waals surface area contributed by atoms with E-state index in [-0.39, 0.29) is 0 Å². The first-order valence-corrected chi connectivity index (χ1v) is 5.94. The van der Waals surface area contributed by atoms with Crippen molar-refractivity contribution in [1.82, 2.24) is 0 Å². The molecule has 0 N–H and O–H groups in total. The molecule has 2 heteroatoms. The Bertz CT molecular complexity index is 314. The fourth-order valence-corrected chi connectivity index (χ4v) is 2.36. The van der Waals surface area contributed by atoms with Crippen LogP contribution in [0.1, 0.15) is 25.3 Å². The maximum atomic E-state index is 8.66. The van der Waals surface area contributed by atoms with Gasteiger partial charge in [0.1, 0.15) is 0 Å². The molecular weight excluding hydrogens is 190 g/mol. The molecule has 0 aliphatic carbocycles. The number of nitrogens with zero attached hydrogens (tertiary/aromatic N) is 1. The van der Waals surface area contributed by atoms with Crippen molar-refractivity contribution in [3.8, 4) is 6.07 Å². The lowest BCUT2D eigenvalue weighted by atomic mass is 10.2. The monoisotopic (exact) mass is 205 g/mol. The summed E-state index contributed by atoms with van der Waals surface area (Å²) in [6, 6.07) is 10.4. The third-order valence-corrected chi connectivity index (χ3v) is 3.20. The van der Waals surface area contributed by atoms with Gasteiger partial charge in [0.25, 0.3) is 0 Å². The second kappa shape index (κ2) is 6.50. The lowest BCUT2D eigenvalue weighted by Crippen LogP contribution is -1.87. The van der Waals surface area contributed by atoms with E-state index in [4.69, 9.17) is 5.26 Å². The van der Waals surface area contributed by atoms with Crippen molar-refractivity contribution in [2.75, 3.05) is 5.75 Å². The number of hydrogen-bond donors (Lipinski definition) is 0. The molecule has 0 saturated carbocycles. The van der Waals surface area contributed by atoms with Gasteiger partial charge in [-0.1, -0.05) is 31.5 Å². The van der Waals surface area contributed by atoms with Crippen molar-refractivity contribution in [3.05, 3.63) is 29.8 Å². The minimum Gasteiger partial charge on any atom is -0.198 e. The predicted molar refractivity (Wildman–Crippen MR) is 61.4 cm³/mol. The van der Waals surface area contributed by atoms with Crippen molar-refractivity contribution < 1.29 is 0 Å². The molecular formula is C12H15NS. The van der Waals surface area contributed by atoms with E-state index in [1.165, 1.54) is 17.7 Å². The molecule has 0 fully saturated rings. The van der Waals surface area contributed by atoms with E-state index in [2.05, 4.69) is 19.1 Å². The standard InChI is InChI=1S/C12H15NS/c1-2-3-10-14-12-7-5-4-6-11(12)8-9-13/h4-7H,2-3,8,10H2,1H3. The lowest BCUT2D eigenvalue weighted by Gasteiger charge is -2.05. The molecule has 0 bridgehead atoms. The Morgan fingerprint density at radius 1 is 1.36 bits per heavy atom. The minimum atomic E-state index is 0.523. The van der Waals surface area contributed by atoms with E-state index in [0.29, 0.717) is 6.42 Å². The third-order valence-electron chi connectivity index (χ3n) is 2.00. The van der Waals surface area contributed by atoms with Crippen LogP contribution in [-0.2, 0) is 6.42 Å². The molecule has 0 saturated heterocycles. The van der Waals surface area contributed by atoms with Crippen LogP contribution in [0.4, 0.5) is 0 Å². The summed E-state index contributed by atoms with van der Waals surface area (Å²) >= 11 is 1.86. The Labute approximate surface area is 90.1 Å². The van der Waals surface area contributed by atoms with Crippen LogP contribution >= 0.6 is 11.8 Å². The molecule has 0 atom stereocenters. The lowest BCUT2D eigenvalue weighted by molar-refractivity contribution is 0.895. The average molecular weight is 205 g/mol. The van der Waals surface area contributed by atoms with Gasteiger partial charge in [0.05, 0.1) is 12.5 Å². The number of unbranched alkanes of at least 4 members (excludes halogenated alkanes) is 1. The second-order valence-corrected chi connectivity index (χ2v) is 4.28. The maximum absolute atomic E-state index is 8.66. The molecule has 1 aromatic rings. The van der Waals surface area contributed by atoms with Crippen molar-refractivity contribution in [3.63, 3.8) is 0 Å². The van der Waals surface area contributed by atoms with E-state index < -0.39 is 0 Å². The highest BCUT2D eigenvalue weighted by molar-refractivity contribution is 7.99. The summed E-state index contributed by atoms with van der Waals surface area (Å²) in [5.74, 6) is 1.15. The van der Waals surface area contributed by atoms with Crippen LogP contribution in [0, 0.1) is 11.3 Å². The fraction of sp³-hybridized carbons (Fsp3) is 0.417. The van der Waals surface area contributed by atoms with Crippen LogP contribution in [0.15, 0.2) is 29.2 Å². The van der Waals surface area contributed by atoms with Gasteiger partial charge in [0.2, 0.25) is 0 Å². The zero-order valence-electron chi connectivity index (χ0n) is 8.49. The highest BCUT2D eigenvalue weighted by atomic mass is 32.2. The highest BCUT2D eigenvalue weighted by Crippen LogP contribution is 2.23. The molecule has 14 heavy (non-hydrogen) atoms. The van der Waals surface area contributed by atoms with Crippen molar-refractivity contribution >= 4 is 11.8 Å². The van der Waals surface area contributed by atoms with Gasteiger partial charge in [-0.2, -0.15) is 5.26 Å². The van der Waals surface area contributed by atoms with Crippen LogP contribution in [0.2, 0.25) is 0 Å². The first-order valence-electron chi connectivity index (χ1n) is 4.96. The van der Waals surface area contributed by atoms with Gasteiger partial charge in [-0.05, 0) is 23.8 Å². The maximum Gasteiger partial charge on any atom is 0.0670 e. The van der Waals surface area contributed by atoms with E-state index in [1.807, 2.05) is 30.0 Å². The van der Waals surface area contributed by atoms with Gasteiger partial charge in [0, 0.05) is 4.90 Å². The quantitative estimate of drug-likeness (QED) is 0.541. The summed E-state index contributed by atoms with van der Waals surface area (Å²) < 4.78 is 0. The number of thioether (sulfide) groups is 1. The summed E-state index contributed by atoms with van der Waals surface area (Å²) in [5, 5.41) is 8.66. The van der Waals surface area contributed by atoms with E-state index in [1.54, 1.807) is 0 Å². The summed E-state index contributed by atoms with van der Waals surface area (Å²) in [4.78, 5) is 1.27. The molecule has 0 radical (unpaired) electrons. The second-order valence-electron chi connectivity index (χ2n) is 3.14. The Balaban J connectivity index is 2.60. The molecule has 0 spiro atoms. The van der Waals surface area contributed by atoms with E-state index >= 15 is 0 Å². The van der Waals surface area contributed by atoms with Gasteiger partial charge < -0.3 is 0 Å². The van der Waals surface area contributed by atoms with Gasteiger partial charge in [0.15, 0.2) is 0 Å². The Morgan fingerprint density at radius 3 is 2.86 bits per heavy atom. The SMILES string of the molecule is CCCCSc1ccccc1CC#N. The molecule has 0 heterocycles. The minimum absolute atomic E-state index is 0.523. The molecule has 0 aliphatic heterocycles. The smallest absolute Gasteiger partial charge is 0.0670 e. The Morgan fingerprint density at radius 2 is 2.14 bits per heavy atom. The molecule has 74 valence electrons. The molecule has 0 amide bonds. The average Bonchev–Trinajstić information content (AvgIpc) is 2.21. The summed E-state index contributed by atoms with van der Waals surface area (Å²) in [5.41, 5.74) is 1.16. The number of hydrogen-bond acceptors (Lipinski definition) is 2. The van der Waals surface area contributed by atoms with E-state index in [0.717, 1.165) is 11.3 Å². The number of benzene rings is 1. The van der Waals surface area contributed by atoms with Gasteiger partial charge in [-0.3, -0.25) is 0 Å². The molecule has 1 nitrogen and oxygen atoms in total. The molecule has 1 aromatic carbocycles. The normalized spacial score (nSPS) is 9.71. The predicted octanol–water partition coefficient (Wildman–Crippen LogP) is 3.64. The highest BCUT2D eigenvalue weighted by Gasteiger charge is 2.00. The first kappa shape index (κ1) is 11.1. The summed E-state index contributed by atoms with van der Waals surface area (Å²) in [6.07, 6.45) is 2.99.